The summed E-state index contributed by atoms with van der Waals surface area (Å²) >= 11 is 5.98. The Morgan fingerprint density at radius 1 is 1.32 bits per heavy atom. The van der Waals surface area contributed by atoms with Crippen LogP contribution in [0.4, 0.5) is 5.69 Å². The first kappa shape index (κ1) is 19.7. The van der Waals surface area contributed by atoms with E-state index in [0.717, 1.165) is 24.6 Å². The molecular weight excluding hydrogens is 338 g/mol. The van der Waals surface area contributed by atoms with Crippen molar-refractivity contribution in [1.29, 1.82) is 0 Å². The summed E-state index contributed by atoms with van der Waals surface area (Å²) in [5.74, 6) is 0.612. The highest BCUT2D eigenvalue weighted by Crippen LogP contribution is 2.20. The number of benzene rings is 1. The lowest BCUT2D eigenvalue weighted by Gasteiger charge is -2.29. The van der Waals surface area contributed by atoms with Crippen molar-refractivity contribution in [3.63, 3.8) is 0 Å². The minimum Gasteiger partial charge on any atom is -0.329 e. The lowest BCUT2D eigenvalue weighted by molar-refractivity contribution is -0.898. The van der Waals surface area contributed by atoms with Gasteiger partial charge in [-0.25, -0.2) is 0 Å². The van der Waals surface area contributed by atoms with Gasteiger partial charge in [-0.1, -0.05) is 24.6 Å². The van der Waals surface area contributed by atoms with Crippen LogP contribution in [0.25, 0.3) is 0 Å². The summed E-state index contributed by atoms with van der Waals surface area (Å²) < 4.78 is 0. The van der Waals surface area contributed by atoms with Gasteiger partial charge in [0.05, 0.1) is 13.1 Å². The van der Waals surface area contributed by atoms with Crippen LogP contribution in [0.2, 0.25) is 5.02 Å². The third kappa shape index (κ3) is 6.01. The third-order valence-electron chi connectivity index (χ3n) is 4.93. The average Bonchev–Trinajstić information content (AvgIpc) is 2.58. The molecule has 6 heteroatoms. The first-order chi connectivity index (χ1) is 11.9. The Hall–Kier alpha value is -1.59. The molecule has 25 heavy (non-hydrogen) atoms. The van der Waals surface area contributed by atoms with E-state index in [-0.39, 0.29) is 18.4 Å². The van der Waals surface area contributed by atoms with Gasteiger partial charge in [0, 0.05) is 17.3 Å². The molecule has 2 N–H and O–H groups in total. The minimum absolute atomic E-state index is 0.0463. The van der Waals surface area contributed by atoms with Gasteiger partial charge in [-0.2, -0.15) is 0 Å². The Morgan fingerprint density at radius 3 is 2.64 bits per heavy atom. The molecule has 0 radical (unpaired) electrons. The van der Waals surface area contributed by atoms with Crippen LogP contribution >= 0.6 is 11.6 Å². The third-order valence-corrected chi connectivity index (χ3v) is 5.16. The normalized spacial score (nSPS) is 20.2. The first-order valence-electron chi connectivity index (χ1n) is 9.06. The predicted molar refractivity (Wildman–Crippen MR) is 101 cm³/mol. The number of aryl methyl sites for hydroxylation is 1. The molecule has 1 aliphatic heterocycles. The van der Waals surface area contributed by atoms with Crippen molar-refractivity contribution in [1.82, 2.24) is 4.90 Å². The summed E-state index contributed by atoms with van der Waals surface area (Å²) in [4.78, 5) is 27.8. The largest absolute Gasteiger partial charge is 0.329 e. The Bertz CT molecular complexity index is 613. The lowest BCUT2D eigenvalue weighted by Crippen LogP contribution is -3.14. The molecule has 0 bridgehead atoms. The van der Waals surface area contributed by atoms with Crippen molar-refractivity contribution in [3.8, 4) is 0 Å². The fraction of sp³-hybridized carbons (Fsp3) is 0.579. The summed E-state index contributed by atoms with van der Waals surface area (Å²) in [5, 5.41) is 3.43. The van der Waals surface area contributed by atoms with Crippen molar-refractivity contribution in [3.05, 3.63) is 28.8 Å². The van der Waals surface area contributed by atoms with Crippen LogP contribution in [-0.2, 0) is 9.59 Å². The van der Waals surface area contributed by atoms with Crippen LogP contribution in [0.5, 0.6) is 0 Å². The van der Waals surface area contributed by atoms with Gasteiger partial charge < -0.3 is 15.1 Å². The molecule has 1 aliphatic rings. The summed E-state index contributed by atoms with van der Waals surface area (Å²) in [6.45, 7) is 9.24. The van der Waals surface area contributed by atoms with E-state index in [1.165, 1.54) is 17.7 Å². The van der Waals surface area contributed by atoms with E-state index < -0.39 is 0 Å². The number of amides is 2. The maximum atomic E-state index is 12.5. The predicted octanol–water partition coefficient (Wildman–Crippen LogP) is 1.75. The van der Waals surface area contributed by atoms with Gasteiger partial charge in [0.25, 0.3) is 5.91 Å². The zero-order valence-corrected chi connectivity index (χ0v) is 16.2. The second-order valence-corrected chi connectivity index (χ2v) is 7.46. The van der Waals surface area contributed by atoms with Crippen LogP contribution in [0.3, 0.4) is 0 Å². The number of halogens is 1. The molecule has 1 heterocycles. The number of anilines is 1. The smallest absolute Gasteiger partial charge is 0.278 e. The highest BCUT2D eigenvalue weighted by molar-refractivity contribution is 6.31. The van der Waals surface area contributed by atoms with E-state index in [4.69, 9.17) is 11.6 Å². The minimum atomic E-state index is -0.192. The van der Waals surface area contributed by atoms with Gasteiger partial charge in [-0.3, -0.25) is 9.59 Å². The van der Waals surface area contributed by atoms with Gasteiger partial charge >= 0.3 is 0 Å². The van der Waals surface area contributed by atoms with E-state index in [0.29, 0.717) is 23.8 Å². The van der Waals surface area contributed by atoms with Crippen molar-refractivity contribution >= 4 is 29.1 Å². The van der Waals surface area contributed by atoms with Gasteiger partial charge in [-0.15, -0.1) is 0 Å². The number of rotatable bonds is 6. The highest BCUT2D eigenvalue weighted by Gasteiger charge is 2.24. The number of likely N-dealkylation sites (tertiary alicyclic amines) is 1. The molecule has 0 unspecified atom stereocenters. The number of nitrogens with zero attached hydrogens (tertiary/aromatic N) is 1. The number of nitrogens with one attached hydrogen (secondary N) is 2. The molecule has 0 saturated carbocycles. The number of likely N-dealkylation sites (N-methyl/N-ethyl adjacent to an activating group) is 1. The van der Waals surface area contributed by atoms with Crippen LogP contribution in [0.15, 0.2) is 18.2 Å². The molecular formula is C19H29ClN3O2+. The van der Waals surface area contributed by atoms with E-state index in [1.54, 1.807) is 17.0 Å². The Balaban J connectivity index is 1.88. The topological polar surface area (TPSA) is 53.9 Å². The van der Waals surface area contributed by atoms with Crippen molar-refractivity contribution in [2.45, 2.75) is 33.6 Å². The second-order valence-electron chi connectivity index (χ2n) is 7.02. The van der Waals surface area contributed by atoms with E-state index in [1.807, 2.05) is 19.9 Å². The fourth-order valence-electron chi connectivity index (χ4n) is 3.14. The summed E-state index contributed by atoms with van der Waals surface area (Å²) in [6.07, 6.45) is 2.34. The maximum absolute atomic E-state index is 12.5. The zero-order valence-electron chi connectivity index (χ0n) is 15.4. The number of piperidine rings is 1. The van der Waals surface area contributed by atoms with Crippen LogP contribution in [0, 0.1) is 12.8 Å². The van der Waals surface area contributed by atoms with Gasteiger partial charge in [0.15, 0.2) is 6.54 Å². The number of hydrogen-bond acceptors (Lipinski definition) is 2. The number of carbonyl (C=O) groups excluding carboxylic acids is 2. The summed E-state index contributed by atoms with van der Waals surface area (Å²) in [6, 6.07) is 5.38. The summed E-state index contributed by atoms with van der Waals surface area (Å²) in [5.41, 5.74) is 1.63. The Labute approximate surface area is 155 Å². The molecule has 2 amide bonds. The fourth-order valence-corrected chi connectivity index (χ4v) is 3.31. The standard InChI is InChI=1S/C19H28ClN3O2/c1-4-23(19(25)13-22-9-7-14(2)8-10-22)12-18(24)21-17-11-16(20)6-5-15(17)3/h5-6,11,14H,4,7-10,12-13H2,1-3H3,(H,21,24)/p+1. The number of hydrogen-bond donors (Lipinski definition) is 2. The number of carbonyl (C=O) groups is 2. The molecule has 0 aliphatic carbocycles. The molecule has 0 atom stereocenters. The first-order valence-corrected chi connectivity index (χ1v) is 9.44. The summed E-state index contributed by atoms with van der Waals surface area (Å²) in [7, 11) is 0. The Morgan fingerprint density at radius 2 is 2.00 bits per heavy atom. The van der Waals surface area contributed by atoms with E-state index >= 15 is 0 Å². The number of quaternary nitrogens is 1. The molecule has 138 valence electrons. The SMILES string of the molecule is CCN(CC(=O)Nc1cc(Cl)ccc1C)C(=O)C[NH+]1CCC(C)CC1. The quantitative estimate of drug-likeness (QED) is 0.806. The molecule has 1 aromatic carbocycles. The molecule has 2 rings (SSSR count). The highest BCUT2D eigenvalue weighted by atomic mass is 35.5. The van der Waals surface area contributed by atoms with Crippen molar-refractivity contribution in [2.75, 3.05) is 38.0 Å². The van der Waals surface area contributed by atoms with Crippen molar-refractivity contribution < 1.29 is 14.5 Å². The van der Waals surface area contributed by atoms with Gasteiger partial charge in [-0.05, 0) is 50.3 Å². The molecule has 1 aromatic rings. The molecule has 0 aromatic heterocycles. The van der Waals surface area contributed by atoms with Crippen LogP contribution in [0.1, 0.15) is 32.3 Å². The average molecular weight is 367 g/mol. The zero-order chi connectivity index (χ0) is 18.4. The monoisotopic (exact) mass is 366 g/mol. The Kier molecular flexibility index (Phi) is 7.26. The molecule has 5 nitrogen and oxygen atoms in total. The van der Waals surface area contributed by atoms with Crippen LogP contribution < -0.4 is 10.2 Å². The lowest BCUT2D eigenvalue weighted by atomic mass is 9.99. The molecule has 1 saturated heterocycles. The van der Waals surface area contributed by atoms with Gasteiger partial charge in [0.1, 0.15) is 6.54 Å². The van der Waals surface area contributed by atoms with E-state index in [9.17, 15) is 9.59 Å². The van der Waals surface area contributed by atoms with Gasteiger partial charge in [0.2, 0.25) is 5.91 Å². The van der Waals surface area contributed by atoms with Crippen LogP contribution in [-0.4, -0.2) is 49.4 Å². The molecule has 1 fully saturated rings. The van der Waals surface area contributed by atoms with Crippen molar-refractivity contribution in [2.24, 2.45) is 5.92 Å². The maximum Gasteiger partial charge on any atom is 0.278 e. The second kappa shape index (κ2) is 9.20. The molecule has 0 spiro atoms. The van der Waals surface area contributed by atoms with E-state index in [2.05, 4.69) is 12.2 Å².